The summed E-state index contributed by atoms with van der Waals surface area (Å²) in [4.78, 5) is 0. The third-order valence-electron chi connectivity index (χ3n) is 1.68. The molecule has 0 fully saturated rings. The number of aliphatic hydroxyl groups excluding tert-OH is 2. The first-order valence-electron chi connectivity index (χ1n) is 3.71. The first-order valence-corrected chi connectivity index (χ1v) is 3.71. The lowest BCUT2D eigenvalue weighted by Gasteiger charge is -2.19. The van der Waals surface area contributed by atoms with Crippen LogP contribution in [0.15, 0.2) is 0 Å². The van der Waals surface area contributed by atoms with Gasteiger partial charge in [0.1, 0.15) is 6.23 Å². The predicted octanol–water partition coefficient (Wildman–Crippen LogP) is 0.0606. The number of hydrogen-bond acceptors (Lipinski definition) is 3. The van der Waals surface area contributed by atoms with Crippen LogP contribution in [-0.2, 0) is 0 Å². The van der Waals surface area contributed by atoms with Crippen LogP contribution < -0.4 is 5.73 Å². The average Bonchev–Trinajstić information content (AvgIpc) is 1.87. The molecule has 10 heavy (non-hydrogen) atoms. The van der Waals surface area contributed by atoms with Crippen molar-refractivity contribution in [3.63, 3.8) is 0 Å². The molecule has 0 aromatic rings. The Morgan fingerprint density at radius 3 is 2.20 bits per heavy atom. The molecule has 0 aliphatic rings. The molecule has 0 heterocycles. The highest BCUT2D eigenvalue weighted by molar-refractivity contribution is 4.67. The van der Waals surface area contributed by atoms with E-state index in [9.17, 15) is 0 Å². The Morgan fingerprint density at radius 2 is 1.90 bits per heavy atom. The lowest BCUT2D eigenvalue weighted by molar-refractivity contribution is -0.0110. The number of nitrogens with two attached hydrogens (primary N) is 1. The second-order valence-corrected chi connectivity index (χ2v) is 2.75. The molecule has 3 atom stereocenters. The number of rotatable bonds is 4. The molecule has 3 nitrogen and oxygen atoms in total. The summed E-state index contributed by atoms with van der Waals surface area (Å²) in [5.74, 6) is 0.0880. The van der Waals surface area contributed by atoms with Crippen molar-refractivity contribution in [3.8, 4) is 0 Å². The largest absolute Gasteiger partial charge is 0.389 e. The van der Waals surface area contributed by atoms with Crippen LogP contribution in [0.3, 0.4) is 0 Å². The van der Waals surface area contributed by atoms with E-state index in [2.05, 4.69) is 0 Å². The molecule has 62 valence electrons. The quantitative estimate of drug-likeness (QED) is 0.493. The maximum absolute atomic E-state index is 9.15. The smallest absolute Gasteiger partial charge is 0.128 e. The summed E-state index contributed by atoms with van der Waals surface area (Å²) in [5.41, 5.74) is 5.07. The van der Waals surface area contributed by atoms with Crippen LogP contribution in [0.1, 0.15) is 26.7 Å². The molecule has 0 rings (SSSR count). The van der Waals surface area contributed by atoms with Crippen LogP contribution in [0.2, 0.25) is 0 Å². The highest BCUT2D eigenvalue weighted by atomic mass is 16.3. The molecule has 0 aromatic heterocycles. The topological polar surface area (TPSA) is 66.5 Å². The van der Waals surface area contributed by atoms with Gasteiger partial charge in [0.15, 0.2) is 0 Å². The zero-order valence-electron chi connectivity index (χ0n) is 6.62. The second-order valence-electron chi connectivity index (χ2n) is 2.75. The molecule has 0 saturated carbocycles. The van der Waals surface area contributed by atoms with Crippen LogP contribution in [-0.4, -0.2) is 22.5 Å². The van der Waals surface area contributed by atoms with Gasteiger partial charge in [-0.25, -0.2) is 0 Å². The third kappa shape index (κ3) is 3.15. The zero-order valence-corrected chi connectivity index (χ0v) is 6.62. The minimum absolute atomic E-state index is 0.0880. The first-order chi connectivity index (χ1) is 4.59. The van der Waals surface area contributed by atoms with E-state index in [1.807, 2.05) is 13.8 Å². The van der Waals surface area contributed by atoms with Gasteiger partial charge in [0.05, 0.1) is 6.10 Å². The SMILES string of the molecule is CCCC(C)C(O)C(N)O. The molecule has 0 spiro atoms. The highest BCUT2D eigenvalue weighted by Crippen LogP contribution is 2.11. The molecular weight excluding hydrogens is 130 g/mol. The van der Waals surface area contributed by atoms with E-state index in [1.165, 1.54) is 0 Å². The molecule has 3 unspecified atom stereocenters. The van der Waals surface area contributed by atoms with Gasteiger partial charge in [0.2, 0.25) is 0 Å². The van der Waals surface area contributed by atoms with E-state index >= 15 is 0 Å². The van der Waals surface area contributed by atoms with E-state index in [0.29, 0.717) is 0 Å². The molecular formula is C7H17NO2. The molecule has 4 N–H and O–H groups in total. The Kier molecular flexibility index (Phi) is 4.60. The maximum Gasteiger partial charge on any atom is 0.128 e. The fourth-order valence-electron chi connectivity index (χ4n) is 0.963. The lowest BCUT2D eigenvalue weighted by Crippen LogP contribution is -2.38. The number of hydrogen-bond donors (Lipinski definition) is 3. The van der Waals surface area contributed by atoms with Crippen molar-refractivity contribution in [1.29, 1.82) is 0 Å². The summed E-state index contributed by atoms with van der Waals surface area (Å²) in [7, 11) is 0. The number of aliphatic hydroxyl groups is 2. The van der Waals surface area contributed by atoms with E-state index in [0.717, 1.165) is 12.8 Å². The Balaban J connectivity index is 3.58. The van der Waals surface area contributed by atoms with Gasteiger partial charge >= 0.3 is 0 Å². The minimum Gasteiger partial charge on any atom is -0.389 e. The van der Waals surface area contributed by atoms with E-state index in [1.54, 1.807) is 0 Å². The van der Waals surface area contributed by atoms with Gasteiger partial charge in [-0.15, -0.1) is 0 Å². The van der Waals surface area contributed by atoms with Crippen molar-refractivity contribution in [2.45, 2.75) is 39.0 Å². The molecule has 0 amide bonds. The van der Waals surface area contributed by atoms with Gasteiger partial charge in [-0.2, -0.15) is 0 Å². The monoisotopic (exact) mass is 147 g/mol. The minimum atomic E-state index is -1.10. The maximum atomic E-state index is 9.15. The Morgan fingerprint density at radius 1 is 1.40 bits per heavy atom. The van der Waals surface area contributed by atoms with Crippen LogP contribution in [0.4, 0.5) is 0 Å². The third-order valence-corrected chi connectivity index (χ3v) is 1.68. The van der Waals surface area contributed by atoms with Crippen molar-refractivity contribution in [1.82, 2.24) is 0 Å². The fourth-order valence-corrected chi connectivity index (χ4v) is 0.963. The van der Waals surface area contributed by atoms with E-state index in [-0.39, 0.29) is 5.92 Å². The summed E-state index contributed by atoms with van der Waals surface area (Å²) in [6, 6.07) is 0. The van der Waals surface area contributed by atoms with Gasteiger partial charge in [-0.05, 0) is 12.3 Å². The lowest BCUT2D eigenvalue weighted by atomic mass is 9.99. The Labute approximate surface area is 61.9 Å². The molecule has 0 bridgehead atoms. The molecule has 0 aliphatic carbocycles. The van der Waals surface area contributed by atoms with Crippen molar-refractivity contribution >= 4 is 0 Å². The first kappa shape index (κ1) is 9.88. The fraction of sp³-hybridized carbons (Fsp3) is 1.00. The van der Waals surface area contributed by atoms with Crippen molar-refractivity contribution in [3.05, 3.63) is 0 Å². The molecule has 0 saturated heterocycles. The molecule has 0 aliphatic heterocycles. The molecule has 0 radical (unpaired) electrons. The van der Waals surface area contributed by atoms with Crippen LogP contribution in [0, 0.1) is 5.92 Å². The average molecular weight is 147 g/mol. The van der Waals surface area contributed by atoms with Crippen LogP contribution in [0.25, 0.3) is 0 Å². The Bertz CT molecular complexity index is 85.7. The second kappa shape index (κ2) is 4.66. The van der Waals surface area contributed by atoms with E-state index in [4.69, 9.17) is 15.9 Å². The summed E-state index contributed by atoms with van der Waals surface area (Å²) < 4.78 is 0. The van der Waals surface area contributed by atoms with Crippen molar-refractivity contribution in [2.24, 2.45) is 11.7 Å². The van der Waals surface area contributed by atoms with Gasteiger partial charge in [-0.1, -0.05) is 20.3 Å². The molecule has 0 aromatic carbocycles. The zero-order chi connectivity index (χ0) is 8.15. The van der Waals surface area contributed by atoms with Gasteiger partial charge in [0, 0.05) is 0 Å². The van der Waals surface area contributed by atoms with Crippen LogP contribution >= 0.6 is 0 Å². The summed E-state index contributed by atoms with van der Waals surface area (Å²) in [5, 5.41) is 17.9. The van der Waals surface area contributed by atoms with Gasteiger partial charge < -0.3 is 15.9 Å². The highest BCUT2D eigenvalue weighted by Gasteiger charge is 2.18. The van der Waals surface area contributed by atoms with E-state index < -0.39 is 12.3 Å². The normalized spacial score (nSPS) is 20.1. The Hall–Kier alpha value is -0.120. The standard InChI is InChI=1S/C7H17NO2/c1-3-4-5(2)6(9)7(8)10/h5-7,9-10H,3-4,8H2,1-2H3. The predicted molar refractivity (Wildman–Crippen MR) is 40.3 cm³/mol. The van der Waals surface area contributed by atoms with Crippen LogP contribution in [0.5, 0.6) is 0 Å². The summed E-state index contributed by atoms with van der Waals surface area (Å²) in [6.45, 7) is 3.91. The van der Waals surface area contributed by atoms with Gasteiger partial charge in [-0.3, -0.25) is 0 Å². The summed E-state index contributed by atoms with van der Waals surface area (Å²) in [6.07, 6.45) is 0.0295. The van der Waals surface area contributed by atoms with Crippen molar-refractivity contribution < 1.29 is 10.2 Å². The summed E-state index contributed by atoms with van der Waals surface area (Å²) >= 11 is 0. The van der Waals surface area contributed by atoms with Crippen molar-refractivity contribution in [2.75, 3.05) is 0 Å². The van der Waals surface area contributed by atoms with Gasteiger partial charge in [0.25, 0.3) is 0 Å². The molecule has 3 heteroatoms.